The topological polar surface area (TPSA) is 237 Å². The molecule has 3 N–H and O–H groups in total. The first-order valence-electron chi connectivity index (χ1n) is 29.3. The smallest absolute Gasteiger partial charge is 0.462 e. The van der Waals surface area contributed by atoms with Crippen molar-refractivity contribution in [3.63, 3.8) is 0 Å². The van der Waals surface area contributed by atoms with Gasteiger partial charge >= 0.3 is 39.5 Å². The maximum Gasteiger partial charge on any atom is 0.472 e. The van der Waals surface area contributed by atoms with Crippen LogP contribution in [-0.2, 0) is 65.4 Å². The molecule has 0 aromatic heterocycles. The number of phosphoric ester groups is 2. The predicted molar refractivity (Wildman–Crippen MR) is 289 cm³/mol. The van der Waals surface area contributed by atoms with Crippen LogP contribution in [0.4, 0.5) is 0 Å². The molecule has 438 valence electrons. The summed E-state index contributed by atoms with van der Waals surface area (Å²) in [6.07, 6.45) is 32.2. The molecule has 0 aromatic carbocycles. The molecular weight excluding hydrogens is 995 g/mol. The SMILES string of the molecule is CCCCCCCCCCCC(=O)OC[C@H](COP(=O)(O)OC[C@@H](O)COP(=O)(O)OC[C@@H](COC(=O)CCCCCCCCC)OC(=O)CCCCCCCCCCC)OC(=O)CCCCCCCCCCC. The fraction of sp³-hybridized carbons (Fsp3) is 0.927. The molecule has 74 heavy (non-hydrogen) atoms. The second kappa shape index (κ2) is 50.6. The summed E-state index contributed by atoms with van der Waals surface area (Å²) in [6, 6.07) is 0. The van der Waals surface area contributed by atoms with E-state index in [-0.39, 0.29) is 25.7 Å². The summed E-state index contributed by atoms with van der Waals surface area (Å²) < 4.78 is 67.4. The molecular formula is C55H106O17P2. The van der Waals surface area contributed by atoms with Crippen molar-refractivity contribution in [3.05, 3.63) is 0 Å². The number of phosphoric acid groups is 2. The van der Waals surface area contributed by atoms with Gasteiger partial charge in [-0.25, -0.2) is 9.13 Å². The molecule has 2 unspecified atom stereocenters. The third kappa shape index (κ3) is 49.6. The van der Waals surface area contributed by atoms with Crippen molar-refractivity contribution in [1.82, 2.24) is 0 Å². The number of hydrogen-bond acceptors (Lipinski definition) is 15. The van der Waals surface area contributed by atoms with E-state index in [0.717, 1.165) is 103 Å². The molecule has 17 nitrogen and oxygen atoms in total. The Balaban J connectivity index is 5.20. The van der Waals surface area contributed by atoms with Crippen LogP contribution < -0.4 is 0 Å². The fourth-order valence-corrected chi connectivity index (χ4v) is 9.62. The average molecular weight is 1100 g/mol. The van der Waals surface area contributed by atoms with E-state index in [9.17, 15) is 43.2 Å². The van der Waals surface area contributed by atoms with Gasteiger partial charge in [-0.15, -0.1) is 0 Å². The van der Waals surface area contributed by atoms with Gasteiger partial charge in [0, 0.05) is 25.7 Å². The van der Waals surface area contributed by atoms with Crippen LogP contribution in [0.15, 0.2) is 0 Å². The third-order valence-electron chi connectivity index (χ3n) is 12.6. The van der Waals surface area contributed by atoms with E-state index in [1.807, 2.05) is 0 Å². The second-order valence-corrected chi connectivity index (χ2v) is 22.9. The van der Waals surface area contributed by atoms with E-state index >= 15 is 0 Å². The van der Waals surface area contributed by atoms with E-state index in [2.05, 4.69) is 27.7 Å². The van der Waals surface area contributed by atoms with Crippen LogP contribution in [0.1, 0.15) is 272 Å². The number of rotatable bonds is 56. The Hall–Kier alpha value is -1.94. The highest BCUT2D eigenvalue weighted by Crippen LogP contribution is 2.45. The van der Waals surface area contributed by atoms with Crippen LogP contribution in [0, 0.1) is 0 Å². The van der Waals surface area contributed by atoms with E-state index in [0.29, 0.717) is 25.7 Å². The van der Waals surface area contributed by atoms with Crippen molar-refractivity contribution in [1.29, 1.82) is 0 Å². The molecule has 0 aromatic rings. The number of unbranched alkanes of at least 4 members (excludes halogenated alkanes) is 30. The zero-order chi connectivity index (χ0) is 54.8. The van der Waals surface area contributed by atoms with Crippen molar-refractivity contribution in [3.8, 4) is 0 Å². The van der Waals surface area contributed by atoms with Crippen molar-refractivity contribution >= 4 is 39.5 Å². The van der Waals surface area contributed by atoms with Gasteiger partial charge < -0.3 is 33.8 Å². The van der Waals surface area contributed by atoms with Crippen molar-refractivity contribution < 1.29 is 80.2 Å². The second-order valence-electron chi connectivity index (χ2n) is 20.0. The molecule has 0 aliphatic rings. The highest BCUT2D eigenvalue weighted by molar-refractivity contribution is 7.47. The molecule has 0 spiro atoms. The zero-order valence-corrected chi connectivity index (χ0v) is 48.6. The van der Waals surface area contributed by atoms with Crippen molar-refractivity contribution in [2.75, 3.05) is 39.6 Å². The minimum atomic E-state index is -4.93. The minimum absolute atomic E-state index is 0.105. The summed E-state index contributed by atoms with van der Waals surface area (Å²) in [5.74, 6) is -2.15. The summed E-state index contributed by atoms with van der Waals surface area (Å²) >= 11 is 0. The minimum Gasteiger partial charge on any atom is -0.462 e. The Morgan fingerprint density at radius 3 is 0.797 bits per heavy atom. The molecule has 0 aliphatic heterocycles. The molecule has 5 atom stereocenters. The number of esters is 4. The Kier molecular flexibility index (Phi) is 49.2. The first-order valence-corrected chi connectivity index (χ1v) is 32.3. The molecule has 0 aliphatic carbocycles. The summed E-state index contributed by atoms with van der Waals surface area (Å²) in [7, 11) is -9.85. The van der Waals surface area contributed by atoms with Crippen LogP contribution in [0.25, 0.3) is 0 Å². The number of ether oxygens (including phenoxy) is 4. The Morgan fingerprint density at radius 1 is 0.324 bits per heavy atom. The van der Waals surface area contributed by atoms with E-state index in [1.54, 1.807) is 0 Å². The highest BCUT2D eigenvalue weighted by atomic mass is 31.2. The molecule has 0 saturated heterocycles. The van der Waals surface area contributed by atoms with Gasteiger partial charge in [-0.05, 0) is 25.7 Å². The normalized spacial score (nSPS) is 14.4. The maximum atomic E-state index is 12.9. The number of carbonyl (C=O) groups excluding carboxylic acids is 4. The van der Waals surface area contributed by atoms with Gasteiger partial charge in [0.25, 0.3) is 0 Å². The van der Waals surface area contributed by atoms with Crippen molar-refractivity contribution in [2.45, 2.75) is 290 Å². The van der Waals surface area contributed by atoms with Crippen LogP contribution in [0.2, 0.25) is 0 Å². The van der Waals surface area contributed by atoms with E-state index in [1.165, 1.54) is 89.9 Å². The lowest BCUT2D eigenvalue weighted by molar-refractivity contribution is -0.161. The molecule has 0 bridgehead atoms. The monoisotopic (exact) mass is 1100 g/mol. The van der Waals surface area contributed by atoms with Gasteiger partial charge in [-0.1, -0.05) is 220 Å². The molecule has 0 rings (SSSR count). The predicted octanol–water partition coefficient (Wildman–Crippen LogP) is 14.4. The van der Waals surface area contributed by atoms with Gasteiger partial charge in [0.1, 0.15) is 19.3 Å². The van der Waals surface area contributed by atoms with E-state index < -0.39 is 97.5 Å². The average Bonchev–Trinajstić information content (AvgIpc) is 3.37. The Morgan fingerprint density at radius 2 is 0.541 bits per heavy atom. The highest BCUT2D eigenvalue weighted by Gasteiger charge is 2.30. The largest absolute Gasteiger partial charge is 0.472 e. The Labute approximate surface area is 447 Å². The standard InChI is InChI=1S/C55H106O17P2/c1-5-9-13-17-21-24-28-32-36-40-53(58)66-46-51(72-55(60)42-38-34-30-26-23-19-15-11-7-3)48-70-74(63,64)68-44-49(56)43-67-73(61,62)69-47-50(45-65-52(57)39-35-31-27-20-16-12-8-4)71-54(59)41-37-33-29-25-22-18-14-10-6-2/h49-51,56H,5-48H2,1-4H3,(H,61,62)(H,63,64)/t49-,50+,51+/m0/s1. The number of aliphatic hydroxyl groups excluding tert-OH is 1. The van der Waals surface area contributed by atoms with Gasteiger partial charge in [-0.3, -0.25) is 37.3 Å². The molecule has 19 heteroatoms. The summed E-state index contributed by atoms with van der Waals surface area (Å²) in [4.78, 5) is 71.5. The summed E-state index contributed by atoms with van der Waals surface area (Å²) in [6.45, 7) is 4.74. The molecule has 0 radical (unpaired) electrons. The molecule has 0 saturated carbocycles. The van der Waals surface area contributed by atoms with E-state index in [4.69, 9.17) is 37.0 Å². The lowest BCUT2D eigenvalue weighted by Gasteiger charge is -2.21. The summed E-state index contributed by atoms with van der Waals surface area (Å²) in [5.41, 5.74) is 0. The first kappa shape index (κ1) is 72.1. The number of aliphatic hydroxyl groups is 1. The fourth-order valence-electron chi connectivity index (χ4n) is 8.04. The molecule has 0 fully saturated rings. The third-order valence-corrected chi connectivity index (χ3v) is 14.5. The molecule has 0 heterocycles. The zero-order valence-electron chi connectivity index (χ0n) is 46.8. The van der Waals surface area contributed by atoms with Crippen LogP contribution >= 0.6 is 15.6 Å². The maximum absolute atomic E-state index is 12.9. The summed E-state index contributed by atoms with van der Waals surface area (Å²) in [5, 5.41) is 10.5. The van der Waals surface area contributed by atoms with Crippen LogP contribution in [0.5, 0.6) is 0 Å². The van der Waals surface area contributed by atoms with Gasteiger partial charge in [0.05, 0.1) is 26.4 Å². The van der Waals surface area contributed by atoms with Crippen molar-refractivity contribution in [2.24, 2.45) is 0 Å². The quantitative estimate of drug-likeness (QED) is 0.0222. The lowest BCUT2D eigenvalue weighted by Crippen LogP contribution is -2.30. The number of carbonyl (C=O) groups is 4. The van der Waals surface area contributed by atoms with Crippen LogP contribution in [0.3, 0.4) is 0 Å². The number of hydrogen-bond donors (Lipinski definition) is 3. The Bertz CT molecular complexity index is 1450. The first-order chi connectivity index (χ1) is 35.7. The lowest BCUT2D eigenvalue weighted by atomic mass is 10.1. The van der Waals surface area contributed by atoms with Crippen LogP contribution in [-0.4, -0.2) is 96.7 Å². The van der Waals surface area contributed by atoms with Gasteiger partial charge in [0.15, 0.2) is 12.2 Å². The molecule has 0 amide bonds. The van der Waals surface area contributed by atoms with Gasteiger partial charge in [-0.2, -0.15) is 0 Å². The van der Waals surface area contributed by atoms with Gasteiger partial charge in [0.2, 0.25) is 0 Å².